The molecule has 1 saturated carbocycles. The van der Waals surface area contributed by atoms with Crippen molar-refractivity contribution in [3.8, 4) is 11.1 Å². The standard InChI is InChI=1S/C18H21N5O/c19-11-3-5-12(6-4-11)23-16-13(7-9-21-18(16)24)15-10-22-17-14(15)2-1-8-20-17/h1-2,7-12,23H,3-6,19H2,(H,20,22)(H,21,24). The highest BCUT2D eigenvalue weighted by molar-refractivity contribution is 5.96. The summed E-state index contributed by atoms with van der Waals surface area (Å²) in [5.41, 5.74) is 9.22. The van der Waals surface area contributed by atoms with Gasteiger partial charge in [-0.15, -0.1) is 0 Å². The lowest BCUT2D eigenvalue weighted by molar-refractivity contribution is 0.411. The predicted molar refractivity (Wildman–Crippen MR) is 96.0 cm³/mol. The van der Waals surface area contributed by atoms with Crippen LogP contribution in [0.15, 0.2) is 41.6 Å². The largest absolute Gasteiger partial charge is 0.377 e. The number of nitrogens with two attached hydrogens (primary N) is 1. The van der Waals surface area contributed by atoms with Crippen molar-refractivity contribution in [1.29, 1.82) is 0 Å². The second-order valence-electron chi connectivity index (χ2n) is 6.45. The maximum atomic E-state index is 12.4. The Labute approximate surface area is 139 Å². The Bertz CT molecular complexity index is 905. The summed E-state index contributed by atoms with van der Waals surface area (Å²) in [7, 11) is 0. The molecule has 1 aliphatic rings. The van der Waals surface area contributed by atoms with Gasteiger partial charge in [0.1, 0.15) is 11.3 Å². The van der Waals surface area contributed by atoms with Crippen LogP contribution in [0.25, 0.3) is 22.2 Å². The Morgan fingerprint density at radius 2 is 1.96 bits per heavy atom. The number of aromatic nitrogens is 3. The molecule has 3 heterocycles. The van der Waals surface area contributed by atoms with Gasteiger partial charge in [-0.3, -0.25) is 4.79 Å². The van der Waals surface area contributed by atoms with E-state index in [4.69, 9.17) is 5.73 Å². The number of hydrogen-bond donors (Lipinski definition) is 4. The number of hydrogen-bond acceptors (Lipinski definition) is 4. The van der Waals surface area contributed by atoms with Crippen molar-refractivity contribution in [2.24, 2.45) is 5.73 Å². The molecule has 1 aliphatic carbocycles. The molecular weight excluding hydrogens is 302 g/mol. The van der Waals surface area contributed by atoms with Gasteiger partial charge in [-0.25, -0.2) is 4.98 Å². The summed E-state index contributed by atoms with van der Waals surface area (Å²) < 4.78 is 0. The Morgan fingerprint density at radius 1 is 1.12 bits per heavy atom. The zero-order chi connectivity index (χ0) is 16.5. The summed E-state index contributed by atoms with van der Waals surface area (Å²) in [4.78, 5) is 22.7. The van der Waals surface area contributed by atoms with Crippen LogP contribution in [0.2, 0.25) is 0 Å². The molecule has 0 aromatic carbocycles. The third kappa shape index (κ3) is 2.69. The van der Waals surface area contributed by atoms with Crippen LogP contribution < -0.4 is 16.6 Å². The number of nitrogens with one attached hydrogen (secondary N) is 3. The quantitative estimate of drug-likeness (QED) is 0.595. The third-order valence-corrected chi connectivity index (χ3v) is 4.82. The normalized spacial score (nSPS) is 21.0. The minimum Gasteiger partial charge on any atom is -0.377 e. The van der Waals surface area contributed by atoms with Crippen LogP contribution in [-0.2, 0) is 0 Å². The Balaban J connectivity index is 1.74. The molecule has 3 aromatic rings. The lowest BCUT2D eigenvalue weighted by Crippen LogP contribution is -2.34. The fourth-order valence-corrected chi connectivity index (χ4v) is 3.49. The molecule has 0 spiro atoms. The van der Waals surface area contributed by atoms with Crippen molar-refractivity contribution in [2.75, 3.05) is 5.32 Å². The summed E-state index contributed by atoms with van der Waals surface area (Å²) in [6.45, 7) is 0. The summed E-state index contributed by atoms with van der Waals surface area (Å²) in [6, 6.07) is 6.43. The number of nitrogens with zero attached hydrogens (tertiary/aromatic N) is 1. The Kier molecular flexibility index (Phi) is 3.82. The topological polar surface area (TPSA) is 99.6 Å². The van der Waals surface area contributed by atoms with Gasteiger partial charge in [-0.05, 0) is 43.9 Å². The molecule has 0 saturated heterocycles. The highest BCUT2D eigenvalue weighted by atomic mass is 16.1. The van der Waals surface area contributed by atoms with Crippen LogP contribution in [0.1, 0.15) is 25.7 Å². The lowest BCUT2D eigenvalue weighted by Gasteiger charge is -2.28. The van der Waals surface area contributed by atoms with Crippen molar-refractivity contribution in [3.63, 3.8) is 0 Å². The lowest BCUT2D eigenvalue weighted by atomic mass is 9.91. The van der Waals surface area contributed by atoms with Crippen molar-refractivity contribution in [1.82, 2.24) is 15.0 Å². The second kappa shape index (κ2) is 6.13. The summed E-state index contributed by atoms with van der Waals surface area (Å²) in [5.74, 6) is 0. The summed E-state index contributed by atoms with van der Waals surface area (Å²) in [5, 5.41) is 4.47. The molecule has 0 unspecified atom stereocenters. The fourth-order valence-electron chi connectivity index (χ4n) is 3.49. The highest BCUT2D eigenvalue weighted by Crippen LogP contribution is 2.32. The van der Waals surface area contributed by atoms with E-state index in [2.05, 4.69) is 20.3 Å². The molecule has 6 heteroatoms. The SMILES string of the molecule is NC1CCC(Nc2c(-c3c[nH]c4ncccc34)cc[nH]c2=O)CC1. The molecule has 6 nitrogen and oxygen atoms in total. The van der Waals surface area contributed by atoms with Crippen LogP contribution in [0, 0.1) is 0 Å². The maximum Gasteiger partial charge on any atom is 0.271 e. The molecule has 0 atom stereocenters. The van der Waals surface area contributed by atoms with Gasteiger partial charge in [0.25, 0.3) is 5.56 Å². The number of H-pyrrole nitrogens is 2. The average molecular weight is 323 g/mol. The van der Waals surface area contributed by atoms with E-state index in [1.54, 1.807) is 12.4 Å². The van der Waals surface area contributed by atoms with Crippen molar-refractivity contribution in [3.05, 3.63) is 47.1 Å². The molecule has 0 bridgehead atoms. The Morgan fingerprint density at radius 3 is 2.79 bits per heavy atom. The molecule has 0 radical (unpaired) electrons. The number of fused-ring (bicyclic) bond motifs is 1. The molecule has 1 fully saturated rings. The first-order valence-corrected chi connectivity index (χ1v) is 8.38. The molecule has 0 aliphatic heterocycles. The van der Waals surface area contributed by atoms with Gasteiger partial charge < -0.3 is 21.0 Å². The van der Waals surface area contributed by atoms with Crippen LogP contribution in [-0.4, -0.2) is 27.0 Å². The number of anilines is 1. The van der Waals surface area contributed by atoms with Gasteiger partial charge in [-0.2, -0.15) is 0 Å². The van der Waals surface area contributed by atoms with Gasteiger partial charge >= 0.3 is 0 Å². The zero-order valence-corrected chi connectivity index (χ0v) is 13.4. The van der Waals surface area contributed by atoms with Gasteiger partial charge in [0, 0.05) is 47.2 Å². The predicted octanol–water partition coefficient (Wildman–Crippen LogP) is 2.60. The highest BCUT2D eigenvalue weighted by Gasteiger charge is 2.21. The molecule has 0 amide bonds. The van der Waals surface area contributed by atoms with Gasteiger partial charge in [-0.1, -0.05) is 0 Å². The van der Waals surface area contributed by atoms with Crippen LogP contribution >= 0.6 is 0 Å². The Hall–Kier alpha value is -2.60. The molecular formula is C18H21N5O. The first-order chi connectivity index (χ1) is 11.7. The average Bonchev–Trinajstić information content (AvgIpc) is 3.02. The maximum absolute atomic E-state index is 12.4. The van der Waals surface area contributed by atoms with Gasteiger partial charge in [0.2, 0.25) is 0 Å². The van der Waals surface area contributed by atoms with Crippen LogP contribution in [0.4, 0.5) is 5.69 Å². The zero-order valence-electron chi connectivity index (χ0n) is 13.4. The van der Waals surface area contributed by atoms with Crippen LogP contribution in [0.3, 0.4) is 0 Å². The first-order valence-electron chi connectivity index (χ1n) is 8.38. The van der Waals surface area contributed by atoms with E-state index in [1.165, 1.54) is 0 Å². The van der Waals surface area contributed by atoms with E-state index < -0.39 is 0 Å². The smallest absolute Gasteiger partial charge is 0.271 e. The van der Waals surface area contributed by atoms with Crippen molar-refractivity contribution >= 4 is 16.7 Å². The molecule has 24 heavy (non-hydrogen) atoms. The number of rotatable bonds is 3. The minimum atomic E-state index is -0.0967. The van der Waals surface area contributed by atoms with Crippen molar-refractivity contribution in [2.45, 2.75) is 37.8 Å². The fraction of sp³-hybridized carbons (Fsp3) is 0.333. The van der Waals surface area contributed by atoms with Crippen LogP contribution in [0.5, 0.6) is 0 Å². The summed E-state index contributed by atoms with van der Waals surface area (Å²) in [6.07, 6.45) is 9.33. The minimum absolute atomic E-state index is 0.0967. The molecule has 4 rings (SSSR count). The molecule has 5 N–H and O–H groups in total. The summed E-state index contributed by atoms with van der Waals surface area (Å²) >= 11 is 0. The van der Waals surface area contributed by atoms with E-state index in [1.807, 2.05) is 24.4 Å². The number of pyridine rings is 2. The molecule has 124 valence electrons. The second-order valence-corrected chi connectivity index (χ2v) is 6.45. The molecule has 3 aromatic heterocycles. The van der Waals surface area contributed by atoms with E-state index in [0.29, 0.717) is 5.69 Å². The van der Waals surface area contributed by atoms with E-state index in [-0.39, 0.29) is 17.6 Å². The van der Waals surface area contributed by atoms with E-state index in [0.717, 1.165) is 47.8 Å². The van der Waals surface area contributed by atoms with Gasteiger partial charge in [0.15, 0.2) is 0 Å². The monoisotopic (exact) mass is 323 g/mol. The van der Waals surface area contributed by atoms with E-state index >= 15 is 0 Å². The van der Waals surface area contributed by atoms with Crippen molar-refractivity contribution < 1.29 is 0 Å². The third-order valence-electron chi connectivity index (χ3n) is 4.82. The first kappa shape index (κ1) is 15.0. The van der Waals surface area contributed by atoms with E-state index in [9.17, 15) is 4.79 Å². The van der Waals surface area contributed by atoms with Gasteiger partial charge in [0.05, 0.1) is 0 Å². The number of aromatic amines is 2.